The third-order valence-corrected chi connectivity index (χ3v) is 6.47. The molecule has 0 amide bonds. The molecule has 0 aliphatic heterocycles. The van der Waals surface area contributed by atoms with E-state index in [4.69, 9.17) is 11.5 Å². The van der Waals surface area contributed by atoms with Crippen LogP contribution in [0.5, 0.6) is 0 Å². The molecular formula is C19H38N2. The molecule has 21 heavy (non-hydrogen) atoms. The van der Waals surface area contributed by atoms with Crippen LogP contribution in [-0.2, 0) is 0 Å². The van der Waals surface area contributed by atoms with Gasteiger partial charge in [-0.05, 0) is 80.5 Å². The highest BCUT2D eigenvalue weighted by atomic mass is 14.7. The van der Waals surface area contributed by atoms with E-state index < -0.39 is 0 Å². The van der Waals surface area contributed by atoms with Gasteiger partial charge in [0.25, 0.3) is 0 Å². The second-order valence-electron chi connectivity index (χ2n) is 8.75. The van der Waals surface area contributed by atoms with E-state index in [0.717, 1.165) is 35.5 Å². The fourth-order valence-electron chi connectivity index (χ4n) is 5.02. The van der Waals surface area contributed by atoms with Gasteiger partial charge in [0.05, 0.1) is 0 Å². The second kappa shape index (κ2) is 7.46. The zero-order valence-corrected chi connectivity index (χ0v) is 14.7. The summed E-state index contributed by atoms with van der Waals surface area (Å²) in [5.74, 6) is 4.74. The Balaban J connectivity index is 1.95. The molecule has 0 radical (unpaired) electrons. The third kappa shape index (κ3) is 4.45. The van der Waals surface area contributed by atoms with Crippen LogP contribution in [0.3, 0.4) is 0 Å². The van der Waals surface area contributed by atoms with E-state index in [2.05, 4.69) is 27.7 Å². The number of hydrogen-bond donors (Lipinski definition) is 2. The first-order valence-electron chi connectivity index (χ1n) is 9.39. The van der Waals surface area contributed by atoms with Crippen LogP contribution in [-0.4, -0.2) is 12.1 Å². The molecule has 0 saturated heterocycles. The van der Waals surface area contributed by atoms with Crippen molar-refractivity contribution in [3.05, 3.63) is 0 Å². The highest BCUT2D eigenvalue weighted by molar-refractivity contribution is 4.92. The van der Waals surface area contributed by atoms with Crippen molar-refractivity contribution in [1.82, 2.24) is 0 Å². The summed E-state index contributed by atoms with van der Waals surface area (Å²) in [6.45, 7) is 9.46. The molecule has 2 aliphatic rings. The predicted octanol–water partition coefficient (Wildman–Crippen LogP) is 4.18. The van der Waals surface area contributed by atoms with Crippen LogP contribution >= 0.6 is 0 Å². The minimum absolute atomic E-state index is 0.418. The Bertz CT molecular complexity index is 287. The molecule has 2 unspecified atom stereocenters. The summed E-state index contributed by atoms with van der Waals surface area (Å²) < 4.78 is 0. The fraction of sp³-hybridized carbons (Fsp3) is 1.00. The molecule has 2 fully saturated rings. The highest BCUT2D eigenvalue weighted by Crippen LogP contribution is 2.43. The molecule has 2 aliphatic carbocycles. The molecule has 0 spiro atoms. The SMILES string of the molecule is CC(C)C1CC(CC2CCC(N)CC2)CC(C(C)C)C1N. The van der Waals surface area contributed by atoms with E-state index in [-0.39, 0.29) is 0 Å². The van der Waals surface area contributed by atoms with E-state index in [1.807, 2.05) is 0 Å². The smallest absolute Gasteiger partial charge is 0.0101 e. The molecular weight excluding hydrogens is 256 g/mol. The molecule has 2 rings (SSSR count). The summed E-state index contributed by atoms with van der Waals surface area (Å²) in [6, 6.07) is 0.897. The van der Waals surface area contributed by atoms with E-state index in [1.165, 1.54) is 44.9 Å². The quantitative estimate of drug-likeness (QED) is 0.817. The Morgan fingerprint density at radius 2 is 1.24 bits per heavy atom. The normalized spacial score (nSPS) is 41.7. The minimum atomic E-state index is 0.418. The van der Waals surface area contributed by atoms with Gasteiger partial charge in [0, 0.05) is 12.1 Å². The first kappa shape index (κ1) is 17.3. The summed E-state index contributed by atoms with van der Waals surface area (Å²) in [5.41, 5.74) is 12.7. The van der Waals surface area contributed by atoms with Crippen LogP contribution in [0, 0.1) is 35.5 Å². The first-order chi connectivity index (χ1) is 9.88. The Labute approximate surface area is 132 Å². The first-order valence-corrected chi connectivity index (χ1v) is 9.39. The molecule has 2 heteroatoms. The summed E-state index contributed by atoms with van der Waals surface area (Å²) in [4.78, 5) is 0. The molecule has 4 N–H and O–H groups in total. The third-order valence-electron chi connectivity index (χ3n) is 6.47. The van der Waals surface area contributed by atoms with Gasteiger partial charge in [-0.1, -0.05) is 27.7 Å². The molecule has 0 aromatic carbocycles. The molecule has 0 heterocycles. The van der Waals surface area contributed by atoms with Crippen LogP contribution in [0.15, 0.2) is 0 Å². The Hall–Kier alpha value is -0.0800. The van der Waals surface area contributed by atoms with E-state index >= 15 is 0 Å². The maximum absolute atomic E-state index is 6.62. The molecule has 0 aromatic heterocycles. The van der Waals surface area contributed by atoms with E-state index in [0.29, 0.717) is 12.1 Å². The topological polar surface area (TPSA) is 52.0 Å². The predicted molar refractivity (Wildman–Crippen MR) is 91.9 cm³/mol. The molecule has 124 valence electrons. The molecule has 2 nitrogen and oxygen atoms in total. The molecule has 2 atom stereocenters. The van der Waals surface area contributed by atoms with Crippen LogP contribution in [0.25, 0.3) is 0 Å². The Morgan fingerprint density at radius 1 is 0.762 bits per heavy atom. The molecule has 0 aromatic rings. The minimum Gasteiger partial charge on any atom is -0.328 e. The van der Waals surface area contributed by atoms with Crippen molar-refractivity contribution in [1.29, 1.82) is 0 Å². The zero-order chi connectivity index (χ0) is 15.6. The lowest BCUT2D eigenvalue weighted by atomic mass is 9.63. The zero-order valence-electron chi connectivity index (χ0n) is 14.7. The van der Waals surface area contributed by atoms with Crippen LogP contribution in [0.4, 0.5) is 0 Å². The van der Waals surface area contributed by atoms with Crippen molar-refractivity contribution in [3.63, 3.8) is 0 Å². The van der Waals surface area contributed by atoms with Gasteiger partial charge in [-0.25, -0.2) is 0 Å². The summed E-state index contributed by atoms with van der Waals surface area (Å²) in [5, 5.41) is 0. The average Bonchev–Trinajstić information content (AvgIpc) is 2.42. The number of hydrogen-bond acceptors (Lipinski definition) is 2. The van der Waals surface area contributed by atoms with E-state index in [9.17, 15) is 0 Å². The Kier molecular flexibility index (Phi) is 6.14. The largest absolute Gasteiger partial charge is 0.328 e. The molecule has 2 saturated carbocycles. The molecule has 0 bridgehead atoms. The van der Waals surface area contributed by atoms with Gasteiger partial charge < -0.3 is 11.5 Å². The van der Waals surface area contributed by atoms with Crippen molar-refractivity contribution in [2.45, 2.75) is 84.7 Å². The van der Waals surface area contributed by atoms with Gasteiger partial charge in [-0.15, -0.1) is 0 Å². The van der Waals surface area contributed by atoms with Gasteiger partial charge in [-0.2, -0.15) is 0 Å². The van der Waals surface area contributed by atoms with Gasteiger partial charge in [0.1, 0.15) is 0 Å². The van der Waals surface area contributed by atoms with Crippen LogP contribution < -0.4 is 11.5 Å². The number of nitrogens with two attached hydrogens (primary N) is 2. The van der Waals surface area contributed by atoms with Crippen molar-refractivity contribution < 1.29 is 0 Å². The monoisotopic (exact) mass is 294 g/mol. The van der Waals surface area contributed by atoms with Crippen molar-refractivity contribution in [3.8, 4) is 0 Å². The lowest BCUT2D eigenvalue weighted by molar-refractivity contribution is 0.0804. The lowest BCUT2D eigenvalue weighted by Crippen LogP contribution is -2.47. The van der Waals surface area contributed by atoms with Crippen LogP contribution in [0.2, 0.25) is 0 Å². The second-order valence-corrected chi connectivity index (χ2v) is 8.75. The highest BCUT2D eigenvalue weighted by Gasteiger charge is 2.39. The van der Waals surface area contributed by atoms with Crippen molar-refractivity contribution in [2.75, 3.05) is 0 Å². The lowest BCUT2D eigenvalue weighted by Gasteiger charge is -2.45. The standard InChI is InChI=1S/C19H38N2/c1-12(2)17-10-15(11-18(13(3)4)19(17)21)9-14-5-7-16(20)8-6-14/h12-19H,5-11,20-21H2,1-4H3. The van der Waals surface area contributed by atoms with Gasteiger partial charge in [-0.3, -0.25) is 0 Å². The fourth-order valence-corrected chi connectivity index (χ4v) is 5.02. The van der Waals surface area contributed by atoms with Crippen molar-refractivity contribution in [2.24, 2.45) is 47.0 Å². The van der Waals surface area contributed by atoms with Crippen LogP contribution in [0.1, 0.15) is 72.6 Å². The van der Waals surface area contributed by atoms with Gasteiger partial charge in [0.15, 0.2) is 0 Å². The maximum atomic E-state index is 6.62. The average molecular weight is 295 g/mol. The summed E-state index contributed by atoms with van der Waals surface area (Å²) in [6.07, 6.45) is 9.39. The summed E-state index contributed by atoms with van der Waals surface area (Å²) in [7, 11) is 0. The Morgan fingerprint density at radius 3 is 1.67 bits per heavy atom. The van der Waals surface area contributed by atoms with Gasteiger partial charge >= 0.3 is 0 Å². The number of rotatable bonds is 4. The van der Waals surface area contributed by atoms with E-state index in [1.54, 1.807) is 0 Å². The maximum Gasteiger partial charge on any atom is 0.0101 e. The van der Waals surface area contributed by atoms with Gasteiger partial charge in [0.2, 0.25) is 0 Å². The van der Waals surface area contributed by atoms with Crippen molar-refractivity contribution >= 4 is 0 Å². The summed E-state index contributed by atoms with van der Waals surface area (Å²) >= 11 is 0.